The number of nitrogens with one attached hydrogen (secondary N) is 8. The fourth-order valence-electron chi connectivity index (χ4n) is 8.81. The average molecular weight is 1210 g/mol. The van der Waals surface area contributed by atoms with Crippen LogP contribution in [0, 0.1) is 5.92 Å². The number of nitrogens with two attached hydrogens (primary N) is 2. The Morgan fingerprint density at radius 2 is 1.12 bits per heavy atom. The van der Waals surface area contributed by atoms with Crippen LogP contribution >= 0.6 is 0 Å². The second kappa shape index (κ2) is 47.3. The van der Waals surface area contributed by atoms with Gasteiger partial charge in [-0.2, -0.15) is 0 Å². The van der Waals surface area contributed by atoms with Crippen molar-refractivity contribution >= 4 is 77.1 Å². The van der Waals surface area contributed by atoms with E-state index in [9.17, 15) is 67.7 Å². The molecule has 0 aliphatic carbocycles. The summed E-state index contributed by atoms with van der Waals surface area (Å²) in [5.74, 6) is -10.0. The van der Waals surface area contributed by atoms with E-state index in [1.807, 2.05) is 6.92 Å². The van der Waals surface area contributed by atoms with Gasteiger partial charge in [-0.1, -0.05) is 103 Å². The summed E-state index contributed by atoms with van der Waals surface area (Å²) in [6.07, 6.45) is 19.5. The molecule has 6 atom stereocenters. The molecule has 482 valence electrons. The number of likely N-dealkylation sites (N-methyl/N-ethyl adjacent to an activating group) is 1. The van der Waals surface area contributed by atoms with Gasteiger partial charge in [-0.15, -0.1) is 0 Å². The van der Waals surface area contributed by atoms with Crippen molar-refractivity contribution in [2.75, 3.05) is 59.7 Å². The van der Waals surface area contributed by atoms with E-state index in [-0.39, 0.29) is 77.2 Å². The van der Waals surface area contributed by atoms with Crippen molar-refractivity contribution < 1.29 is 82.3 Å². The van der Waals surface area contributed by atoms with E-state index >= 15 is 0 Å². The molecule has 0 radical (unpaired) electrons. The Kier molecular flexibility index (Phi) is 42.4. The first kappa shape index (κ1) is 76.1. The number of aliphatic hydroxyl groups excluding tert-OH is 1. The van der Waals surface area contributed by atoms with Crippen molar-refractivity contribution in [3.63, 3.8) is 0 Å². The van der Waals surface area contributed by atoms with Gasteiger partial charge in [0.15, 0.2) is 0 Å². The number of carboxylic acids is 2. The maximum absolute atomic E-state index is 13.8. The number of nitrogens with zero attached hydrogens (tertiary/aromatic N) is 1. The van der Waals surface area contributed by atoms with Crippen LogP contribution in [0.1, 0.15) is 174 Å². The number of amides is 9. The highest BCUT2D eigenvalue weighted by Gasteiger charge is 2.33. The minimum atomic E-state index is -1.67. The molecule has 0 saturated heterocycles. The van der Waals surface area contributed by atoms with E-state index in [0.717, 1.165) is 57.8 Å². The summed E-state index contributed by atoms with van der Waals surface area (Å²) in [5.41, 5.74) is 11.6. The van der Waals surface area contributed by atoms with Crippen LogP contribution in [0.2, 0.25) is 0 Å². The normalized spacial score (nSPS) is 13.8. The van der Waals surface area contributed by atoms with Gasteiger partial charge in [0.1, 0.15) is 42.6 Å². The van der Waals surface area contributed by atoms with Crippen LogP contribution in [0.3, 0.4) is 0 Å². The smallest absolute Gasteiger partial charge is 0.306 e. The zero-order valence-corrected chi connectivity index (χ0v) is 49.8. The molecule has 0 unspecified atom stereocenters. The Morgan fingerprint density at radius 3 is 1.66 bits per heavy atom. The van der Waals surface area contributed by atoms with Gasteiger partial charge >= 0.3 is 11.9 Å². The fourth-order valence-corrected chi connectivity index (χ4v) is 8.81. The minimum Gasteiger partial charge on any atom is -0.481 e. The van der Waals surface area contributed by atoms with Crippen LogP contribution in [0.5, 0.6) is 0 Å². The number of hydrogen-bond acceptors (Lipinski definition) is 17. The number of hydrogen-bond donors (Lipinski definition) is 13. The number of rotatable bonds is 53. The number of Topliss-reactive ketones (excluding diaryl/α,β-unsaturated/α-hetero) is 1. The first-order chi connectivity index (χ1) is 40.7. The van der Waals surface area contributed by atoms with Crippen LogP contribution in [-0.2, 0) is 67.0 Å². The van der Waals surface area contributed by atoms with E-state index in [4.69, 9.17) is 26.0 Å². The molecule has 15 N–H and O–H groups in total. The number of ether oxygens (including phenoxy) is 2. The van der Waals surface area contributed by atoms with Crippen LogP contribution in [-0.4, -0.2) is 182 Å². The summed E-state index contributed by atoms with van der Waals surface area (Å²) in [7, 11) is 1.41. The molecule has 0 aromatic carbocycles. The number of aliphatic hydroxyl groups is 1. The molecule has 0 aromatic heterocycles. The second-order valence-corrected chi connectivity index (χ2v) is 20.9. The molecule has 1 aliphatic rings. The number of unbranched alkanes of at least 4 members (excludes halogenated alkanes) is 14. The highest BCUT2D eigenvalue weighted by molar-refractivity contribution is 5.97. The number of primary amides is 1. The monoisotopic (exact) mass is 1210 g/mol. The van der Waals surface area contributed by atoms with E-state index in [0.29, 0.717) is 37.8 Å². The lowest BCUT2D eigenvalue weighted by Gasteiger charge is -2.26. The Hall–Kier alpha value is -6.91. The largest absolute Gasteiger partial charge is 0.481 e. The molecule has 9 amide bonds. The van der Waals surface area contributed by atoms with Crippen LogP contribution in [0.4, 0.5) is 0 Å². The number of aliphatic imine (C=N–C) groups is 1. The first-order valence-electron chi connectivity index (χ1n) is 29.9. The van der Waals surface area contributed by atoms with E-state index in [1.54, 1.807) is 12.3 Å². The molecule has 28 heteroatoms. The standard InChI is InChI=1S/C57H97N11O17/c1-3-4-22-42(52(77)60-2)65-55(80)45(35-58)68-54(79)44(34-40-20-19-28-61-40)67-53(78)43(25-26-47(59)71)66-56(81)46(37-69)64-49(73)36-63-50(74)38-85-32-31-84-30-29-62-48(72)27-24-39(57(82)83)33-41(70)21-17-15-13-11-9-7-5-6-8-10-12-14-16-18-23-51(75)76/h20,28,39,42-46,69H,3-19,21-27,29-38,58H2,1-2H3,(H2,59,71)(H,60,77)(H,62,72)(H,63,74)(H,64,73)(H,65,80)(H,66,81)(H,67,78)(H,68,79)(H,75,76)(H,82,83)/t39-,42+,43+,44+,45+,46+/m1/s1. The van der Waals surface area contributed by atoms with Crippen LogP contribution in [0.25, 0.3) is 0 Å². The summed E-state index contributed by atoms with van der Waals surface area (Å²) in [5, 5.41) is 47.9. The summed E-state index contributed by atoms with van der Waals surface area (Å²) >= 11 is 0. The number of carbonyl (C=O) groups excluding carboxylic acids is 10. The lowest BCUT2D eigenvalue weighted by atomic mass is 9.94. The third-order valence-corrected chi connectivity index (χ3v) is 13.8. The van der Waals surface area contributed by atoms with Gasteiger partial charge in [0.2, 0.25) is 53.2 Å². The van der Waals surface area contributed by atoms with Crippen molar-refractivity contribution in [3.8, 4) is 0 Å². The van der Waals surface area contributed by atoms with Gasteiger partial charge in [0.05, 0.1) is 38.9 Å². The lowest BCUT2D eigenvalue weighted by Crippen LogP contribution is -2.60. The fraction of sp³-hybridized carbons (Fsp3) is 0.737. The van der Waals surface area contributed by atoms with Crippen molar-refractivity contribution in [3.05, 3.63) is 11.8 Å². The van der Waals surface area contributed by atoms with Gasteiger partial charge in [-0.3, -0.25) is 62.5 Å². The third-order valence-electron chi connectivity index (χ3n) is 13.8. The highest BCUT2D eigenvalue weighted by atomic mass is 16.5. The zero-order chi connectivity index (χ0) is 63.2. The van der Waals surface area contributed by atoms with Gasteiger partial charge in [-0.25, -0.2) is 0 Å². The summed E-state index contributed by atoms with van der Waals surface area (Å²) in [6.45, 7) is -0.453. The Labute approximate surface area is 498 Å². The van der Waals surface area contributed by atoms with Crippen molar-refractivity contribution in [2.45, 2.75) is 204 Å². The predicted molar refractivity (Wildman–Crippen MR) is 313 cm³/mol. The SMILES string of the molecule is CCCC[C@H](NC(=O)[C@H](CN)NC(=O)[C@H](CC1=CCC=N1)NC(=O)[C@H](CCC(N)=O)NC(=O)[C@H](CO)NC(=O)CNC(=O)COCCOCCNC(=O)CC[C@H](CC(=O)CCCCCCCCCCCCCCCCC(=O)O)C(=O)O)C(=O)NC. The summed E-state index contributed by atoms with van der Waals surface area (Å²) in [4.78, 5) is 155. The molecule has 1 rings (SSSR count). The van der Waals surface area contributed by atoms with Gasteiger partial charge in [0.25, 0.3) is 0 Å². The number of allylic oxidation sites excluding steroid dienone is 1. The topological polar surface area (TPSA) is 445 Å². The molecule has 0 aromatic rings. The number of ketones is 1. The molecule has 0 bridgehead atoms. The predicted octanol–water partition coefficient (Wildman–Crippen LogP) is 0.344. The minimum absolute atomic E-state index is 0.00391. The van der Waals surface area contributed by atoms with E-state index in [2.05, 4.69) is 47.5 Å². The molecule has 0 fully saturated rings. The molecule has 85 heavy (non-hydrogen) atoms. The first-order valence-corrected chi connectivity index (χ1v) is 29.9. The summed E-state index contributed by atoms with van der Waals surface area (Å²) < 4.78 is 10.7. The van der Waals surface area contributed by atoms with E-state index in [1.165, 1.54) is 39.2 Å². The van der Waals surface area contributed by atoms with Crippen molar-refractivity contribution in [2.24, 2.45) is 22.4 Å². The van der Waals surface area contributed by atoms with Crippen LogP contribution < -0.4 is 54.0 Å². The van der Waals surface area contributed by atoms with Crippen LogP contribution in [0.15, 0.2) is 16.8 Å². The van der Waals surface area contributed by atoms with Gasteiger partial charge in [0, 0.05) is 77.0 Å². The summed E-state index contributed by atoms with van der Waals surface area (Å²) in [6, 6.07) is -6.89. The zero-order valence-electron chi connectivity index (χ0n) is 49.8. The average Bonchev–Trinajstić information content (AvgIpc) is 4.04. The highest BCUT2D eigenvalue weighted by Crippen LogP contribution is 2.18. The lowest BCUT2D eigenvalue weighted by molar-refractivity contribution is -0.144. The molecule has 1 aliphatic heterocycles. The van der Waals surface area contributed by atoms with E-state index < -0.39 is 127 Å². The second-order valence-electron chi connectivity index (χ2n) is 20.9. The molecular weight excluding hydrogens is 1110 g/mol. The molecule has 1 heterocycles. The molecule has 0 saturated carbocycles. The quantitative estimate of drug-likeness (QED) is 0.0365. The van der Waals surface area contributed by atoms with Crippen molar-refractivity contribution in [1.29, 1.82) is 0 Å². The maximum Gasteiger partial charge on any atom is 0.306 e. The Morgan fingerprint density at radius 1 is 0.576 bits per heavy atom. The molecule has 28 nitrogen and oxygen atoms in total. The Balaban J connectivity index is 2.47. The Bertz CT molecular complexity index is 2160. The number of aliphatic carboxylic acids is 2. The van der Waals surface area contributed by atoms with Crippen molar-refractivity contribution in [1.82, 2.24) is 42.5 Å². The maximum atomic E-state index is 13.8. The van der Waals surface area contributed by atoms with Gasteiger partial charge in [-0.05, 0) is 32.1 Å². The number of carboxylic acid groups (broad SMARTS) is 2. The molecular formula is C57H97N11O17. The number of carbonyl (C=O) groups is 12. The van der Waals surface area contributed by atoms with Gasteiger partial charge < -0.3 is 78.8 Å². The molecule has 0 spiro atoms. The third kappa shape index (κ3) is 37.9.